The predicted molar refractivity (Wildman–Crippen MR) is 141 cm³/mol. The molecule has 0 bridgehead atoms. The monoisotopic (exact) mass is 488 g/mol. The average molecular weight is 489 g/mol. The zero-order valence-corrected chi connectivity index (χ0v) is 20.5. The molecule has 1 atom stereocenters. The van der Waals surface area contributed by atoms with Gasteiger partial charge in [-0.15, -0.1) is 0 Å². The summed E-state index contributed by atoms with van der Waals surface area (Å²) in [6, 6.07) is 16.0. The molecule has 182 valence electrons. The van der Waals surface area contributed by atoms with E-state index < -0.39 is 6.04 Å². The molecule has 1 aliphatic carbocycles. The fourth-order valence-corrected chi connectivity index (χ4v) is 4.47. The first-order valence-electron chi connectivity index (χ1n) is 12.2. The van der Waals surface area contributed by atoms with E-state index in [0.29, 0.717) is 50.8 Å². The lowest BCUT2D eigenvalue weighted by molar-refractivity contribution is 0.0938. The number of rotatable bonds is 4. The van der Waals surface area contributed by atoms with E-state index in [1.54, 1.807) is 34.5 Å². The van der Waals surface area contributed by atoms with Crippen LogP contribution in [0, 0.1) is 24.7 Å². The van der Waals surface area contributed by atoms with E-state index in [1.807, 2.05) is 55.5 Å². The summed E-state index contributed by atoms with van der Waals surface area (Å²) in [6.45, 7) is 3.59. The number of aromatic nitrogens is 5. The summed E-state index contributed by atoms with van der Waals surface area (Å²) >= 11 is 0. The van der Waals surface area contributed by atoms with Crippen LogP contribution in [0.15, 0.2) is 71.8 Å². The van der Waals surface area contributed by atoms with Gasteiger partial charge in [0, 0.05) is 23.9 Å². The number of aryl methyl sites for hydroxylation is 1. The molecule has 1 saturated carbocycles. The fourth-order valence-electron chi connectivity index (χ4n) is 4.47. The molecule has 5 aromatic rings. The summed E-state index contributed by atoms with van der Waals surface area (Å²) in [5.41, 5.74) is 3.08. The predicted octanol–water partition coefficient (Wildman–Crippen LogP) is 3.99. The van der Waals surface area contributed by atoms with Crippen LogP contribution in [0.4, 0.5) is 0 Å². The summed E-state index contributed by atoms with van der Waals surface area (Å²) in [6.07, 6.45) is 5.58. The number of nitrogens with zero attached hydrogens (tertiary/aromatic N) is 5. The number of nitrogens with one attached hydrogen (secondary N) is 1. The Labute approximate surface area is 213 Å². The van der Waals surface area contributed by atoms with E-state index in [4.69, 9.17) is 4.98 Å². The molecular weight excluding hydrogens is 464 g/mol. The number of fused-ring (bicyclic) bond motifs is 2. The number of benzene rings is 2. The van der Waals surface area contributed by atoms with Crippen molar-refractivity contribution in [3.05, 3.63) is 100.0 Å². The van der Waals surface area contributed by atoms with Crippen LogP contribution in [-0.4, -0.2) is 30.1 Å². The standard InChI is InChI=1S/C29H24N6O2/c1-18-24(27-30-16-7-17-34(27)33-18)28(36)31-19(2)26-32-23-11-6-8-21(15-14-20-12-13-20)25(23)29(37)35(26)22-9-4-3-5-10-22/h3-11,16-17,19-20H,12-13H2,1-2H3,(H,31,36)/t19-/m0/s1. The van der Waals surface area contributed by atoms with Gasteiger partial charge in [0.2, 0.25) is 0 Å². The molecule has 0 spiro atoms. The second-order valence-corrected chi connectivity index (χ2v) is 9.23. The van der Waals surface area contributed by atoms with Gasteiger partial charge >= 0.3 is 0 Å². The lowest BCUT2D eigenvalue weighted by Gasteiger charge is -2.20. The van der Waals surface area contributed by atoms with Gasteiger partial charge in [-0.3, -0.25) is 14.2 Å². The number of amides is 1. The van der Waals surface area contributed by atoms with Crippen molar-refractivity contribution < 1.29 is 4.79 Å². The zero-order chi connectivity index (χ0) is 25.5. The van der Waals surface area contributed by atoms with Crippen LogP contribution in [0.1, 0.15) is 53.2 Å². The molecule has 1 fully saturated rings. The number of hydrogen-bond donors (Lipinski definition) is 1. The molecule has 3 heterocycles. The number of hydrogen-bond acceptors (Lipinski definition) is 5. The van der Waals surface area contributed by atoms with E-state index in [2.05, 4.69) is 27.2 Å². The molecule has 37 heavy (non-hydrogen) atoms. The molecular formula is C29H24N6O2. The fraction of sp³-hybridized carbons (Fsp3) is 0.207. The summed E-state index contributed by atoms with van der Waals surface area (Å²) in [5.74, 6) is 6.95. The van der Waals surface area contributed by atoms with Gasteiger partial charge in [0.1, 0.15) is 11.4 Å². The van der Waals surface area contributed by atoms with Crippen LogP contribution in [0.25, 0.3) is 22.2 Å². The van der Waals surface area contributed by atoms with Gasteiger partial charge < -0.3 is 5.32 Å². The topological polar surface area (TPSA) is 94.2 Å². The minimum Gasteiger partial charge on any atom is -0.342 e. The maximum atomic E-state index is 14.0. The Balaban J connectivity index is 1.48. The van der Waals surface area contributed by atoms with Gasteiger partial charge in [0.25, 0.3) is 11.5 Å². The molecule has 3 aromatic heterocycles. The lowest BCUT2D eigenvalue weighted by atomic mass is 10.1. The minimum atomic E-state index is -0.593. The van der Waals surface area contributed by atoms with E-state index >= 15 is 0 Å². The van der Waals surface area contributed by atoms with Gasteiger partial charge in [0.15, 0.2) is 5.65 Å². The first kappa shape index (κ1) is 22.7. The van der Waals surface area contributed by atoms with Crippen LogP contribution < -0.4 is 10.9 Å². The van der Waals surface area contributed by atoms with Crippen LogP contribution in [0.5, 0.6) is 0 Å². The molecule has 0 saturated heterocycles. The van der Waals surface area contributed by atoms with Gasteiger partial charge in [0.05, 0.1) is 28.3 Å². The highest BCUT2D eigenvalue weighted by atomic mass is 16.2. The Hall–Kier alpha value is -4.77. The molecule has 1 amide bonds. The Morgan fingerprint density at radius 1 is 1.11 bits per heavy atom. The SMILES string of the molecule is Cc1nn2cccnc2c1C(=O)N[C@@H](C)c1nc2cccc(C#CC3CC3)c2c(=O)n1-c1ccccc1. The largest absolute Gasteiger partial charge is 0.342 e. The van der Waals surface area contributed by atoms with Crippen LogP contribution >= 0.6 is 0 Å². The highest BCUT2D eigenvalue weighted by Crippen LogP contribution is 2.28. The first-order chi connectivity index (χ1) is 18.0. The lowest BCUT2D eigenvalue weighted by Crippen LogP contribution is -2.33. The van der Waals surface area contributed by atoms with Crippen molar-refractivity contribution in [2.24, 2.45) is 5.92 Å². The molecule has 8 nitrogen and oxygen atoms in total. The Morgan fingerprint density at radius 2 is 1.92 bits per heavy atom. The number of carbonyl (C=O) groups is 1. The normalized spacial score (nSPS) is 13.8. The molecule has 0 radical (unpaired) electrons. The third-order valence-corrected chi connectivity index (χ3v) is 6.46. The van der Waals surface area contributed by atoms with Crippen molar-refractivity contribution in [3.63, 3.8) is 0 Å². The van der Waals surface area contributed by atoms with E-state index in [9.17, 15) is 9.59 Å². The molecule has 6 rings (SSSR count). The quantitative estimate of drug-likeness (QED) is 0.386. The summed E-state index contributed by atoms with van der Waals surface area (Å²) < 4.78 is 3.14. The van der Waals surface area contributed by atoms with E-state index in [1.165, 1.54) is 0 Å². The van der Waals surface area contributed by atoms with Gasteiger partial charge in [-0.05, 0) is 57.0 Å². The van der Waals surface area contributed by atoms with Crippen molar-refractivity contribution >= 4 is 22.5 Å². The first-order valence-corrected chi connectivity index (χ1v) is 12.2. The molecule has 2 aromatic carbocycles. The molecule has 8 heteroatoms. The third-order valence-electron chi connectivity index (χ3n) is 6.46. The van der Waals surface area contributed by atoms with Gasteiger partial charge in [-0.25, -0.2) is 14.5 Å². The Morgan fingerprint density at radius 3 is 2.70 bits per heavy atom. The number of carbonyl (C=O) groups excluding carboxylic acids is 1. The highest BCUT2D eigenvalue weighted by Gasteiger charge is 2.24. The van der Waals surface area contributed by atoms with Gasteiger partial charge in [-0.2, -0.15) is 5.10 Å². The van der Waals surface area contributed by atoms with Crippen molar-refractivity contribution in [2.45, 2.75) is 32.7 Å². The Bertz CT molecular complexity index is 1790. The third kappa shape index (κ3) is 4.15. The highest BCUT2D eigenvalue weighted by molar-refractivity contribution is 6.01. The van der Waals surface area contributed by atoms with Crippen LogP contribution in [-0.2, 0) is 0 Å². The van der Waals surface area contributed by atoms with Crippen molar-refractivity contribution in [3.8, 4) is 17.5 Å². The Kier molecular flexibility index (Phi) is 5.53. The summed E-state index contributed by atoms with van der Waals surface area (Å²) in [7, 11) is 0. The average Bonchev–Trinajstić information content (AvgIpc) is 3.67. The van der Waals surface area contributed by atoms with Crippen molar-refractivity contribution in [1.29, 1.82) is 0 Å². The van der Waals surface area contributed by atoms with E-state index in [-0.39, 0.29) is 11.5 Å². The molecule has 0 unspecified atom stereocenters. The van der Waals surface area contributed by atoms with Crippen molar-refractivity contribution in [2.75, 3.05) is 0 Å². The number of para-hydroxylation sites is 1. The van der Waals surface area contributed by atoms with Crippen molar-refractivity contribution in [1.82, 2.24) is 29.5 Å². The maximum absolute atomic E-state index is 14.0. The smallest absolute Gasteiger partial charge is 0.267 e. The zero-order valence-electron chi connectivity index (χ0n) is 20.5. The van der Waals surface area contributed by atoms with Gasteiger partial charge in [-0.1, -0.05) is 36.1 Å². The minimum absolute atomic E-state index is 0.221. The molecule has 0 aliphatic heterocycles. The molecule has 1 N–H and O–H groups in total. The summed E-state index contributed by atoms with van der Waals surface area (Å²) in [4.78, 5) is 36.6. The van der Waals surface area contributed by atoms with Crippen LogP contribution in [0.3, 0.4) is 0 Å². The van der Waals surface area contributed by atoms with Crippen LogP contribution in [0.2, 0.25) is 0 Å². The second-order valence-electron chi connectivity index (χ2n) is 9.23. The summed E-state index contributed by atoms with van der Waals surface area (Å²) in [5, 5.41) is 7.88. The second kappa shape index (κ2) is 9.03. The maximum Gasteiger partial charge on any atom is 0.267 e. The molecule has 1 aliphatic rings. The van der Waals surface area contributed by atoms with E-state index in [0.717, 1.165) is 12.8 Å².